The highest BCUT2D eigenvalue weighted by Gasteiger charge is 2.27. The minimum atomic E-state index is -0.744. The van der Waals surface area contributed by atoms with E-state index in [2.05, 4.69) is 15.1 Å². The molecule has 1 aromatic rings. The molecule has 0 saturated carbocycles. The number of aromatic nitrogens is 1. The molecule has 0 aromatic carbocycles. The largest absolute Gasteiger partial charge is 0.494 e. The first-order valence-electron chi connectivity index (χ1n) is 7.00. The van der Waals surface area contributed by atoms with Crippen LogP contribution in [0.25, 0.3) is 10.9 Å². The second-order valence-electron chi connectivity index (χ2n) is 5.14. The van der Waals surface area contributed by atoms with Crippen LogP contribution in [0.2, 0.25) is 0 Å². The van der Waals surface area contributed by atoms with Crippen molar-refractivity contribution in [1.29, 1.82) is 5.26 Å². The summed E-state index contributed by atoms with van der Waals surface area (Å²) in [6.45, 7) is 9.99. The number of aromatic amines is 1. The van der Waals surface area contributed by atoms with Gasteiger partial charge in [-0.1, -0.05) is 12.2 Å². The van der Waals surface area contributed by atoms with E-state index >= 15 is 0 Å². The van der Waals surface area contributed by atoms with Crippen molar-refractivity contribution in [3.05, 3.63) is 67.5 Å². The molecular weight excluding hydrogens is 324 g/mol. The van der Waals surface area contributed by atoms with Gasteiger partial charge in [0.2, 0.25) is 0 Å². The van der Waals surface area contributed by atoms with Gasteiger partial charge in [0.25, 0.3) is 23.1 Å². The average molecular weight is 336 g/mol. The fourth-order valence-corrected chi connectivity index (χ4v) is 2.33. The smallest absolute Gasteiger partial charge is 0.268 e. The number of nitrogens with zero attached hydrogens (tertiary/aromatic N) is 2. The monoisotopic (exact) mass is 336 g/mol. The van der Waals surface area contributed by atoms with Crippen LogP contribution in [-0.2, 0) is 9.59 Å². The lowest BCUT2D eigenvalue weighted by Crippen LogP contribution is -2.37. The Morgan fingerprint density at radius 3 is 2.52 bits per heavy atom. The molecular formula is C17H12N4O4. The van der Waals surface area contributed by atoms with Gasteiger partial charge < -0.3 is 5.11 Å². The van der Waals surface area contributed by atoms with Gasteiger partial charge in [0.15, 0.2) is 5.88 Å². The van der Waals surface area contributed by atoms with Crippen molar-refractivity contribution < 1.29 is 14.7 Å². The summed E-state index contributed by atoms with van der Waals surface area (Å²) in [7, 11) is 0. The Morgan fingerprint density at radius 2 is 1.92 bits per heavy atom. The molecule has 124 valence electrons. The lowest BCUT2D eigenvalue weighted by Gasteiger charge is -2.15. The lowest BCUT2D eigenvalue weighted by molar-refractivity contribution is -0.126. The van der Waals surface area contributed by atoms with Crippen molar-refractivity contribution in [2.24, 2.45) is 0 Å². The highest BCUT2D eigenvalue weighted by Crippen LogP contribution is 2.23. The van der Waals surface area contributed by atoms with Gasteiger partial charge in [-0.05, 0) is 31.1 Å². The summed E-state index contributed by atoms with van der Waals surface area (Å²) in [5, 5.41) is 20.9. The SMILES string of the molecule is [C-]#[N+]C1=C(C)/C(=C/C=C/c2c(O)[nH]c(=O)c(C#N)c2C)C(=O)NC1=O. The first-order valence-corrected chi connectivity index (χ1v) is 7.00. The van der Waals surface area contributed by atoms with Gasteiger partial charge in [-0.3, -0.25) is 24.7 Å². The van der Waals surface area contributed by atoms with Crippen molar-refractivity contribution in [2.45, 2.75) is 13.8 Å². The predicted molar refractivity (Wildman–Crippen MR) is 87.7 cm³/mol. The maximum absolute atomic E-state index is 11.9. The van der Waals surface area contributed by atoms with E-state index in [1.807, 2.05) is 0 Å². The number of amides is 2. The molecule has 1 aliphatic heterocycles. The van der Waals surface area contributed by atoms with Crippen LogP contribution < -0.4 is 10.9 Å². The number of carbonyl (C=O) groups excluding carboxylic acids is 2. The highest BCUT2D eigenvalue weighted by molar-refractivity contribution is 6.17. The molecule has 0 aliphatic carbocycles. The standard InChI is InChI=1S/C17H12N4O4/c1-8-10(14(22)20-16(24)12(8)7-18)5-4-6-11-9(2)13(19-3)17(25)21-15(11)23/h4-6H,1-2H3,(H2,20,22,24)(H,21,23,25)/b5-4+,11-6-. The molecule has 0 unspecified atom stereocenters. The Morgan fingerprint density at radius 1 is 1.24 bits per heavy atom. The van der Waals surface area contributed by atoms with E-state index in [0.717, 1.165) is 0 Å². The van der Waals surface area contributed by atoms with Crippen molar-refractivity contribution in [1.82, 2.24) is 10.3 Å². The summed E-state index contributed by atoms with van der Waals surface area (Å²) in [6.07, 6.45) is 4.19. The number of imide groups is 1. The Balaban J connectivity index is 2.50. The Bertz CT molecular complexity index is 1030. The lowest BCUT2D eigenvalue weighted by atomic mass is 9.99. The Hall–Kier alpha value is -3.91. The summed E-state index contributed by atoms with van der Waals surface area (Å²) in [5.41, 5.74) is -0.120. The van der Waals surface area contributed by atoms with Crippen molar-refractivity contribution in [3.8, 4) is 11.9 Å². The van der Waals surface area contributed by atoms with E-state index < -0.39 is 23.3 Å². The average Bonchev–Trinajstić information content (AvgIpc) is 2.53. The minimum Gasteiger partial charge on any atom is -0.494 e. The summed E-state index contributed by atoms with van der Waals surface area (Å²) in [6, 6.07) is 1.76. The highest BCUT2D eigenvalue weighted by atomic mass is 16.3. The molecule has 8 heteroatoms. The zero-order valence-corrected chi connectivity index (χ0v) is 13.3. The molecule has 1 aliphatic rings. The molecule has 25 heavy (non-hydrogen) atoms. The molecule has 2 heterocycles. The molecule has 8 nitrogen and oxygen atoms in total. The maximum atomic E-state index is 11.9. The molecule has 0 fully saturated rings. The van der Waals surface area contributed by atoms with Crippen LogP contribution in [0.4, 0.5) is 0 Å². The zero-order chi connectivity index (χ0) is 18.7. The number of nitriles is 1. The fraction of sp³-hybridized carbons (Fsp3) is 0.118. The summed E-state index contributed by atoms with van der Waals surface area (Å²) >= 11 is 0. The number of H-pyrrole nitrogens is 1. The molecule has 0 atom stereocenters. The summed E-state index contributed by atoms with van der Waals surface area (Å²) in [4.78, 5) is 40.2. The van der Waals surface area contributed by atoms with Crippen LogP contribution in [0.5, 0.6) is 5.88 Å². The number of aromatic hydroxyl groups is 1. The number of carbonyl (C=O) groups is 2. The van der Waals surface area contributed by atoms with E-state index in [1.54, 1.807) is 6.07 Å². The zero-order valence-electron chi connectivity index (χ0n) is 13.3. The van der Waals surface area contributed by atoms with E-state index in [0.29, 0.717) is 0 Å². The van der Waals surface area contributed by atoms with Crippen LogP contribution in [0, 0.1) is 24.8 Å². The second kappa shape index (κ2) is 6.69. The number of hydrogen-bond acceptors (Lipinski definition) is 5. The van der Waals surface area contributed by atoms with Crippen LogP contribution >= 0.6 is 0 Å². The van der Waals surface area contributed by atoms with Crippen LogP contribution in [-0.4, -0.2) is 21.9 Å². The van der Waals surface area contributed by atoms with Gasteiger partial charge in [0.1, 0.15) is 11.6 Å². The van der Waals surface area contributed by atoms with Crippen LogP contribution in [0.1, 0.15) is 23.6 Å². The fourth-order valence-electron chi connectivity index (χ4n) is 2.33. The first-order chi connectivity index (χ1) is 11.8. The number of rotatable bonds is 2. The van der Waals surface area contributed by atoms with Gasteiger partial charge in [0.05, 0.1) is 6.57 Å². The van der Waals surface area contributed by atoms with Gasteiger partial charge >= 0.3 is 0 Å². The molecule has 2 amide bonds. The van der Waals surface area contributed by atoms with Crippen LogP contribution in [0.3, 0.4) is 0 Å². The van der Waals surface area contributed by atoms with Crippen LogP contribution in [0.15, 0.2) is 33.8 Å². The van der Waals surface area contributed by atoms with Gasteiger partial charge in [-0.2, -0.15) is 5.26 Å². The molecule has 0 spiro atoms. The molecule has 3 N–H and O–H groups in total. The third-order valence-corrected chi connectivity index (χ3v) is 3.69. The topological polar surface area (TPSA) is 127 Å². The number of nitrogens with one attached hydrogen (secondary N) is 2. The van der Waals surface area contributed by atoms with Gasteiger partial charge in [-0.25, -0.2) is 4.85 Å². The van der Waals surface area contributed by atoms with Crippen molar-refractivity contribution >= 4 is 17.9 Å². The number of allylic oxidation sites excluding steroid dienone is 2. The molecule has 2 rings (SSSR count). The number of pyridine rings is 1. The van der Waals surface area contributed by atoms with Crippen molar-refractivity contribution in [2.75, 3.05) is 0 Å². The normalized spacial score (nSPS) is 16.1. The number of hydrogen-bond donors (Lipinski definition) is 3. The first kappa shape index (κ1) is 17.4. The molecule has 0 bridgehead atoms. The predicted octanol–water partition coefficient (Wildman–Crippen LogP) is 1.05. The Labute approximate surface area is 142 Å². The third-order valence-electron chi connectivity index (χ3n) is 3.69. The summed E-state index contributed by atoms with van der Waals surface area (Å²) < 4.78 is 0. The van der Waals surface area contributed by atoms with E-state index in [4.69, 9.17) is 11.8 Å². The Kier molecular flexibility index (Phi) is 4.67. The minimum absolute atomic E-state index is 0.127. The second-order valence-corrected chi connectivity index (χ2v) is 5.14. The summed E-state index contributed by atoms with van der Waals surface area (Å²) in [5.74, 6) is -1.79. The van der Waals surface area contributed by atoms with E-state index in [1.165, 1.54) is 32.1 Å². The van der Waals surface area contributed by atoms with Gasteiger partial charge in [0, 0.05) is 11.1 Å². The van der Waals surface area contributed by atoms with E-state index in [-0.39, 0.29) is 33.5 Å². The third kappa shape index (κ3) is 3.09. The molecule has 0 saturated heterocycles. The maximum Gasteiger partial charge on any atom is 0.268 e. The quantitative estimate of drug-likeness (QED) is 0.422. The van der Waals surface area contributed by atoms with Gasteiger partial charge in [-0.15, -0.1) is 0 Å². The van der Waals surface area contributed by atoms with E-state index in [9.17, 15) is 19.5 Å². The molecule has 1 aromatic heterocycles. The molecule has 0 radical (unpaired) electrons. The van der Waals surface area contributed by atoms with Crippen molar-refractivity contribution in [3.63, 3.8) is 0 Å².